The summed E-state index contributed by atoms with van der Waals surface area (Å²) in [6, 6.07) is 5.32. The van der Waals surface area contributed by atoms with Crippen molar-refractivity contribution in [3.05, 3.63) is 28.7 Å². The molecular formula is C14H19N4O2+. The topological polar surface area (TPSA) is 82.2 Å². The molecule has 1 aromatic carbocycles. The first-order valence-electron chi connectivity index (χ1n) is 7.01. The minimum absolute atomic E-state index is 0.0270. The molecule has 1 atom stereocenters. The molecule has 1 aromatic heterocycles. The summed E-state index contributed by atoms with van der Waals surface area (Å²) >= 11 is 0. The first-order chi connectivity index (χ1) is 9.63. The maximum atomic E-state index is 12.2. The third kappa shape index (κ3) is 2.46. The lowest BCUT2D eigenvalue weighted by atomic mass is 10.2. The zero-order chi connectivity index (χ0) is 14.1. The number of nitrogens with one attached hydrogen (secondary N) is 4. The van der Waals surface area contributed by atoms with E-state index in [1.54, 1.807) is 18.2 Å². The maximum absolute atomic E-state index is 12.2. The highest BCUT2D eigenvalue weighted by atomic mass is 16.2. The number of H-pyrrole nitrogens is 2. The smallest absolute Gasteiger partial charge is 0.323 e. The van der Waals surface area contributed by atoms with Gasteiger partial charge in [-0.05, 0) is 25.1 Å². The standard InChI is InChI=1S/C14H18N4O2/c1-9(18-6-2-3-7-18)13(19)15-10-4-5-11-12(8-10)17-14(20)16-11/h4-5,8-9H,2-3,6-7H2,1H3,(H,15,19)(H2,16,17,20)/p+1/t9-/m1/s1. The number of likely N-dealkylation sites (tertiary alicyclic amines) is 1. The van der Waals surface area contributed by atoms with Gasteiger partial charge in [0.1, 0.15) is 0 Å². The Morgan fingerprint density at radius 3 is 2.70 bits per heavy atom. The van der Waals surface area contributed by atoms with Crippen LogP contribution in [0.4, 0.5) is 5.69 Å². The second kappa shape index (κ2) is 5.13. The molecule has 0 bridgehead atoms. The Hall–Kier alpha value is -2.08. The second-order valence-electron chi connectivity index (χ2n) is 5.42. The van der Waals surface area contributed by atoms with Crippen LogP contribution in [0.15, 0.2) is 23.0 Å². The van der Waals surface area contributed by atoms with Crippen LogP contribution in [0.1, 0.15) is 19.8 Å². The number of benzene rings is 1. The summed E-state index contributed by atoms with van der Waals surface area (Å²) in [5, 5.41) is 2.92. The van der Waals surface area contributed by atoms with Gasteiger partial charge in [-0.25, -0.2) is 4.79 Å². The molecule has 20 heavy (non-hydrogen) atoms. The Bertz CT molecular complexity index is 682. The van der Waals surface area contributed by atoms with Gasteiger partial charge in [-0.2, -0.15) is 0 Å². The monoisotopic (exact) mass is 275 g/mol. The lowest BCUT2D eigenvalue weighted by Gasteiger charge is -2.19. The highest BCUT2D eigenvalue weighted by Crippen LogP contribution is 2.14. The zero-order valence-corrected chi connectivity index (χ0v) is 11.5. The Balaban J connectivity index is 1.74. The molecule has 106 valence electrons. The summed E-state index contributed by atoms with van der Waals surface area (Å²) in [5.74, 6) is 0.0270. The Kier molecular flexibility index (Phi) is 3.31. The molecule has 2 aromatic rings. The lowest BCUT2D eigenvalue weighted by molar-refractivity contribution is -0.901. The SMILES string of the molecule is C[C@H](C(=O)Nc1ccc2[nH]c(=O)[nH]c2c1)[NH+]1CCCC1. The molecule has 1 fully saturated rings. The average Bonchev–Trinajstić information content (AvgIpc) is 3.05. The number of amides is 1. The van der Waals surface area contributed by atoms with Gasteiger partial charge in [0, 0.05) is 18.5 Å². The molecule has 0 spiro atoms. The van der Waals surface area contributed by atoms with E-state index in [0.29, 0.717) is 11.2 Å². The number of aromatic amines is 2. The number of anilines is 1. The zero-order valence-electron chi connectivity index (χ0n) is 11.5. The highest BCUT2D eigenvalue weighted by molar-refractivity contribution is 5.95. The molecule has 1 saturated heterocycles. The molecule has 0 radical (unpaired) electrons. The van der Waals surface area contributed by atoms with Gasteiger partial charge in [-0.3, -0.25) is 4.79 Å². The molecule has 1 aliphatic heterocycles. The quantitative estimate of drug-likeness (QED) is 0.629. The number of hydrogen-bond donors (Lipinski definition) is 4. The minimum Gasteiger partial charge on any atom is -0.325 e. The van der Waals surface area contributed by atoms with Gasteiger partial charge >= 0.3 is 5.69 Å². The molecule has 0 unspecified atom stereocenters. The molecule has 6 heteroatoms. The summed E-state index contributed by atoms with van der Waals surface area (Å²) < 4.78 is 0. The van der Waals surface area contributed by atoms with Crippen molar-refractivity contribution in [3.8, 4) is 0 Å². The van der Waals surface area contributed by atoms with E-state index in [0.717, 1.165) is 18.6 Å². The van der Waals surface area contributed by atoms with E-state index >= 15 is 0 Å². The van der Waals surface area contributed by atoms with Crippen LogP contribution in [0.5, 0.6) is 0 Å². The molecule has 1 aliphatic rings. The van der Waals surface area contributed by atoms with E-state index < -0.39 is 0 Å². The van der Waals surface area contributed by atoms with Crippen LogP contribution in [0.2, 0.25) is 0 Å². The highest BCUT2D eigenvalue weighted by Gasteiger charge is 2.27. The predicted molar refractivity (Wildman–Crippen MR) is 76.9 cm³/mol. The van der Waals surface area contributed by atoms with Crippen molar-refractivity contribution in [2.24, 2.45) is 0 Å². The van der Waals surface area contributed by atoms with E-state index in [1.807, 2.05) is 6.92 Å². The van der Waals surface area contributed by atoms with Gasteiger partial charge in [-0.15, -0.1) is 0 Å². The fourth-order valence-corrected chi connectivity index (χ4v) is 2.81. The molecule has 3 rings (SSSR count). The van der Waals surface area contributed by atoms with Crippen LogP contribution in [0, 0.1) is 0 Å². The van der Waals surface area contributed by atoms with E-state index in [4.69, 9.17) is 0 Å². The van der Waals surface area contributed by atoms with E-state index in [9.17, 15) is 9.59 Å². The summed E-state index contributed by atoms with van der Waals surface area (Å²) in [4.78, 5) is 30.1. The Labute approximate surface area is 116 Å². The minimum atomic E-state index is -0.238. The van der Waals surface area contributed by atoms with Crippen LogP contribution >= 0.6 is 0 Å². The van der Waals surface area contributed by atoms with Gasteiger partial charge in [0.05, 0.1) is 24.1 Å². The van der Waals surface area contributed by atoms with E-state index in [-0.39, 0.29) is 17.6 Å². The summed E-state index contributed by atoms with van der Waals surface area (Å²) in [6.07, 6.45) is 2.40. The van der Waals surface area contributed by atoms with Crippen molar-refractivity contribution in [1.82, 2.24) is 9.97 Å². The molecule has 6 nitrogen and oxygen atoms in total. The number of carbonyl (C=O) groups excluding carboxylic acids is 1. The predicted octanol–water partition coefficient (Wildman–Crippen LogP) is -0.138. The number of rotatable bonds is 3. The van der Waals surface area contributed by atoms with Crippen LogP contribution in [0.25, 0.3) is 11.0 Å². The molecule has 1 amide bonds. The summed E-state index contributed by atoms with van der Waals surface area (Å²) in [7, 11) is 0. The number of quaternary nitrogens is 1. The third-order valence-corrected chi connectivity index (χ3v) is 4.03. The van der Waals surface area contributed by atoms with Crippen molar-refractivity contribution < 1.29 is 9.69 Å². The number of carbonyl (C=O) groups is 1. The van der Waals surface area contributed by atoms with Gasteiger partial charge < -0.3 is 20.2 Å². The van der Waals surface area contributed by atoms with Crippen molar-refractivity contribution in [2.75, 3.05) is 18.4 Å². The third-order valence-electron chi connectivity index (χ3n) is 4.03. The van der Waals surface area contributed by atoms with Crippen LogP contribution in [-0.4, -0.2) is 35.0 Å². The fourth-order valence-electron chi connectivity index (χ4n) is 2.81. The van der Waals surface area contributed by atoms with Crippen LogP contribution < -0.4 is 15.9 Å². The Morgan fingerprint density at radius 1 is 1.25 bits per heavy atom. The van der Waals surface area contributed by atoms with Gasteiger partial charge in [0.15, 0.2) is 6.04 Å². The number of imidazole rings is 1. The average molecular weight is 275 g/mol. The summed E-state index contributed by atoms with van der Waals surface area (Å²) in [6.45, 7) is 4.10. The normalized spacial score (nSPS) is 17.4. The molecule has 0 saturated carbocycles. The molecule has 2 heterocycles. The van der Waals surface area contributed by atoms with Gasteiger partial charge in [0.2, 0.25) is 0 Å². The first-order valence-corrected chi connectivity index (χ1v) is 7.01. The molecule has 0 aliphatic carbocycles. The first kappa shape index (κ1) is 12.9. The lowest BCUT2D eigenvalue weighted by Crippen LogP contribution is -3.14. The van der Waals surface area contributed by atoms with E-state index in [2.05, 4.69) is 15.3 Å². The molecular weight excluding hydrogens is 256 g/mol. The van der Waals surface area contributed by atoms with Gasteiger partial charge in [-0.1, -0.05) is 0 Å². The second-order valence-corrected chi connectivity index (χ2v) is 5.42. The Morgan fingerprint density at radius 2 is 1.95 bits per heavy atom. The molecule has 4 N–H and O–H groups in total. The maximum Gasteiger partial charge on any atom is 0.323 e. The van der Waals surface area contributed by atoms with Crippen molar-refractivity contribution in [3.63, 3.8) is 0 Å². The number of fused-ring (bicyclic) bond motifs is 1. The fraction of sp³-hybridized carbons (Fsp3) is 0.429. The van der Waals surface area contributed by atoms with E-state index in [1.165, 1.54) is 17.7 Å². The number of hydrogen-bond acceptors (Lipinski definition) is 2. The largest absolute Gasteiger partial charge is 0.325 e. The van der Waals surface area contributed by atoms with Crippen molar-refractivity contribution >= 4 is 22.6 Å². The van der Waals surface area contributed by atoms with Crippen LogP contribution in [0.3, 0.4) is 0 Å². The number of aromatic nitrogens is 2. The van der Waals surface area contributed by atoms with Crippen molar-refractivity contribution in [2.45, 2.75) is 25.8 Å². The van der Waals surface area contributed by atoms with Crippen molar-refractivity contribution in [1.29, 1.82) is 0 Å². The van der Waals surface area contributed by atoms with Crippen LogP contribution in [-0.2, 0) is 4.79 Å². The van der Waals surface area contributed by atoms with Gasteiger partial charge in [0.25, 0.3) is 5.91 Å². The summed E-state index contributed by atoms with van der Waals surface area (Å²) in [5.41, 5.74) is 1.92.